The summed E-state index contributed by atoms with van der Waals surface area (Å²) in [5, 5.41) is 9.82. The van der Waals surface area contributed by atoms with Crippen molar-refractivity contribution in [1.82, 2.24) is 0 Å². The molecule has 0 spiro atoms. The minimum Gasteiger partial charge on any atom is -0.393 e. The van der Waals surface area contributed by atoms with Gasteiger partial charge in [0, 0.05) is 0 Å². The van der Waals surface area contributed by atoms with Gasteiger partial charge < -0.3 is 5.11 Å². The molecular weight excluding hydrogens is 253 g/mol. The van der Waals surface area contributed by atoms with Crippen LogP contribution in [0, 0.1) is 6.92 Å². The molecular formula is C15H19F3O. The predicted molar refractivity (Wildman–Crippen MR) is 68.0 cm³/mol. The first-order valence-electron chi connectivity index (χ1n) is 6.73. The van der Waals surface area contributed by atoms with E-state index >= 15 is 0 Å². The fourth-order valence-corrected chi connectivity index (χ4v) is 2.93. The second-order valence-corrected chi connectivity index (χ2v) is 5.44. The van der Waals surface area contributed by atoms with Crippen LogP contribution in [0.3, 0.4) is 0 Å². The zero-order chi connectivity index (χ0) is 14.0. The lowest BCUT2D eigenvalue weighted by atomic mass is 9.87. The molecule has 2 rings (SSSR count). The van der Waals surface area contributed by atoms with E-state index in [0.29, 0.717) is 12.0 Å². The Balaban J connectivity index is 2.25. The lowest BCUT2D eigenvalue weighted by Gasteiger charge is -2.20. The Labute approximate surface area is 111 Å². The maximum Gasteiger partial charge on any atom is 0.416 e. The average Bonchev–Trinajstić information content (AvgIpc) is 2.52. The summed E-state index contributed by atoms with van der Waals surface area (Å²) < 4.78 is 37.9. The molecule has 2 unspecified atom stereocenters. The van der Waals surface area contributed by atoms with Gasteiger partial charge in [0.1, 0.15) is 0 Å². The number of aliphatic hydroxyl groups excluding tert-OH is 1. The molecule has 0 aliphatic heterocycles. The fraction of sp³-hybridized carbons (Fsp3) is 0.600. The van der Waals surface area contributed by atoms with Crippen molar-refractivity contribution in [3.8, 4) is 0 Å². The first kappa shape index (κ1) is 14.4. The van der Waals surface area contributed by atoms with E-state index in [1.165, 1.54) is 6.07 Å². The molecule has 4 heteroatoms. The number of benzene rings is 1. The van der Waals surface area contributed by atoms with Gasteiger partial charge in [0.2, 0.25) is 0 Å². The highest BCUT2D eigenvalue weighted by atomic mass is 19.4. The maximum absolute atomic E-state index is 12.6. The summed E-state index contributed by atoms with van der Waals surface area (Å²) in [7, 11) is 0. The zero-order valence-electron chi connectivity index (χ0n) is 11.0. The first-order valence-corrected chi connectivity index (χ1v) is 6.73. The Morgan fingerprint density at radius 2 is 1.84 bits per heavy atom. The number of hydrogen-bond acceptors (Lipinski definition) is 1. The number of alkyl halides is 3. The van der Waals surface area contributed by atoms with Crippen LogP contribution in [0.2, 0.25) is 0 Å². The molecule has 0 bridgehead atoms. The number of rotatable bonds is 1. The van der Waals surface area contributed by atoms with Gasteiger partial charge in [-0.1, -0.05) is 18.9 Å². The van der Waals surface area contributed by atoms with Crippen LogP contribution >= 0.6 is 0 Å². The molecule has 1 nitrogen and oxygen atoms in total. The van der Waals surface area contributed by atoms with Gasteiger partial charge in [-0.15, -0.1) is 0 Å². The van der Waals surface area contributed by atoms with Gasteiger partial charge in [0.15, 0.2) is 0 Å². The lowest BCUT2D eigenvalue weighted by Crippen LogP contribution is -2.11. The molecule has 0 aromatic heterocycles. The Bertz CT molecular complexity index is 440. The minimum absolute atomic E-state index is 0.180. The number of aliphatic hydroxyl groups is 1. The Kier molecular flexibility index (Phi) is 4.19. The van der Waals surface area contributed by atoms with Crippen molar-refractivity contribution < 1.29 is 18.3 Å². The van der Waals surface area contributed by atoms with Gasteiger partial charge in [-0.25, -0.2) is 0 Å². The summed E-state index contributed by atoms with van der Waals surface area (Å²) in [4.78, 5) is 0. The van der Waals surface area contributed by atoms with Crippen molar-refractivity contribution in [2.24, 2.45) is 0 Å². The molecule has 0 amide bonds. The number of aryl methyl sites for hydroxylation is 1. The predicted octanol–water partition coefficient (Wildman–Crippen LogP) is 4.42. The Hall–Kier alpha value is -1.03. The maximum atomic E-state index is 12.6. The molecule has 0 radical (unpaired) electrons. The van der Waals surface area contributed by atoms with Crippen molar-refractivity contribution in [2.75, 3.05) is 0 Å². The summed E-state index contributed by atoms with van der Waals surface area (Å²) in [6, 6.07) is 3.95. The van der Waals surface area contributed by atoms with Crippen LogP contribution in [0.25, 0.3) is 0 Å². The van der Waals surface area contributed by atoms with Crippen molar-refractivity contribution in [2.45, 2.75) is 57.2 Å². The minimum atomic E-state index is -4.29. The highest BCUT2D eigenvalue weighted by molar-refractivity contribution is 5.35. The monoisotopic (exact) mass is 272 g/mol. The van der Waals surface area contributed by atoms with Crippen LogP contribution in [0.15, 0.2) is 18.2 Å². The van der Waals surface area contributed by atoms with Crippen LogP contribution < -0.4 is 0 Å². The van der Waals surface area contributed by atoms with E-state index in [2.05, 4.69) is 0 Å². The fourth-order valence-electron chi connectivity index (χ4n) is 2.93. The summed E-state index contributed by atoms with van der Waals surface area (Å²) in [5.74, 6) is 0.180. The summed E-state index contributed by atoms with van der Waals surface area (Å²) in [6.45, 7) is 1.72. The van der Waals surface area contributed by atoms with E-state index in [1.807, 2.05) is 0 Å². The van der Waals surface area contributed by atoms with Gasteiger partial charge in [-0.3, -0.25) is 0 Å². The molecule has 1 aromatic carbocycles. The SMILES string of the molecule is Cc1cc(C(F)(F)F)ccc1C1CCCCC(O)C1. The molecule has 2 atom stereocenters. The van der Waals surface area contributed by atoms with E-state index in [1.54, 1.807) is 13.0 Å². The third kappa shape index (κ3) is 3.50. The topological polar surface area (TPSA) is 20.2 Å². The van der Waals surface area contributed by atoms with Crippen LogP contribution in [0.1, 0.15) is 54.7 Å². The van der Waals surface area contributed by atoms with Crippen LogP contribution in [-0.2, 0) is 6.18 Å². The smallest absolute Gasteiger partial charge is 0.393 e. The molecule has 1 fully saturated rings. The van der Waals surface area contributed by atoms with Gasteiger partial charge >= 0.3 is 6.18 Å². The quantitative estimate of drug-likeness (QED) is 0.750. The molecule has 1 N–H and O–H groups in total. The second kappa shape index (κ2) is 5.53. The van der Waals surface area contributed by atoms with E-state index in [-0.39, 0.29) is 12.0 Å². The van der Waals surface area contributed by atoms with Crippen molar-refractivity contribution in [3.05, 3.63) is 34.9 Å². The highest BCUT2D eigenvalue weighted by Gasteiger charge is 2.31. The van der Waals surface area contributed by atoms with Gasteiger partial charge in [0.25, 0.3) is 0 Å². The van der Waals surface area contributed by atoms with E-state index in [0.717, 1.165) is 37.3 Å². The molecule has 0 saturated heterocycles. The van der Waals surface area contributed by atoms with Crippen molar-refractivity contribution in [1.29, 1.82) is 0 Å². The molecule has 1 aromatic rings. The van der Waals surface area contributed by atoms with Crippen LogP contribution in [0.5, 0.6) is 0 Å². The summed E-state index contributed by atoms with van der Waals surface area (Å²) in [6.07, 6.45) is -0.175. The normalized spacial score (nSPS) is 25.1. The lowest BCUT2D eigenvalue weighted by molar-refractivity contribution is -0.137. The van der Waals surface area contributed by atoms with E-state index in [9.17, 15) is 18.3 Å². The highest BCUT2D eigenvalue weighted by Crippen LogP contribution is 2.36. The third-order valence-corrected chi connectivity index (χ3v) is 3.93. The molecule has 19 heavy (non-hydrogen) atoms. The number of halogens is 3. The van der Waals surface area contributed by atoms with Crippen LogP contribution in [-0.4, -0.2) is 11.2 Å². The van der Waals surface area contributed by atoms with Crippen LogP contribution in [0.4, 0.5) is 13.2 Å². The molecule has 1 aliphatic carbocycles. The van der Waals surface area contributed by atoms with Gasteiger partial charge in [-0.2, -0.15) is 13.2 Å². The second-order valence-electron chi connectivity index (χ2n) is 5.44. The number of hydrogen-bond donors (Lipinski definition) is 1. The Morgan fingerprint density at radius 1 is 1.16 bits per heavy atom. The van der Waals surface area contributed by atoms with Crippen molar-refractivity contribution in [3.63, 3.8) is 0 Å². The molecule has 1 saturated carbocycles. The summed E-state index contributed by atoms with van der Waals surface area (Å²) in [5.41, 5.74) is 1.03. The summed E-state index contributed by atoms with van der Waals surface area (Å²) >= 11 is 0. The van der Waals surface area contributed by atoms with Gasteiger partial charge in [0.05, 0.1) is 11.7 Å². The molecule has 106 valence electrons. The zero-order valence-corrected chi connectivity index (χ0v) is 11.0. The standard InChI is InChI=1S/C15H19F3O/c1-10-8-12(15(16,17)18)6-7-14(10)11-4-2-3-5-13(19)9-11/h6-8,11,13,19H,2-5,9H2,1H3. The van der Waals surface area contributed by atoms with E-state index < -0.39 is 11.7 Å². The molecule has 0 heterocycles. The van der Waals surface area contributed by atoms with Gasteiger partial charge in [-0.05, 0) is 55.4 Å². The van der Waals surface area contributed by atoms with E-state index in [4.69, 9.17) is 0 Å². The third-order valence-electron chi connectivity index (χ3n) is 3.93. The average molecular weight is 272 g/mol. The Morgan fingerprint density at radius 3 is 2.47 bits per heavy atom. The van der Waals surface area contributed by atoms with Crippen molar-refractivity contribution >= 4 is 0 Å². The molecule has 1 aliphatic rings. The largest absolute Gasteiger partial charge is 0.416 e. The first-order chi connectivity index (χ1) is 8.88.